The smallest absolute Gasteiger partial charge is 0.191 e. The molecule has 0 aliphatic heterocycles. The Morgan fingerprint density at radius 1 is 1.20 bits per heavy atom. The molecule has 1 saturated carbocycles. The Bertz CT molecular complexity index is 788. The molecule has 0 bridgehead atoms. The third-order valence-electron chi connectivity index (χ3n) is 5.53. The summed E-state index contributed by atoms with van der Waals surface area (Å²) in [7, 11) is 1.97. The Balaban J connectivity index is 0.00000320. The lowest BCUT2D eigenvalue weighted by molar-refractivity contribution is 0.145. The third-order valence-corrected chi connectivity index (χ3v) is 5.53. The van der Waals surface area contributed by atoms with Crippen molar-refractivity contribution >= 4 is 29.9 Å². The number of benzene rings is 1. The first-order valence-electron chi connectivity index (χ1n) is 10.6. The molecular weight excluding hydrogens is 491 g/mol. The van der Waals surface area contributed by atoms with Crippen LogP contribution in [0.2, 0.25) is 0 Å². The molecule has 2 N–H and O–H groups in total. The lowest BCUT2D eigenvalue weighted by Crippen LogP contribution is -2.41. The fourth-order valence-electron chi connectivity index (χ4n) is 3.33. The highest BCUT2D eigenvalue weighted by molar-refractivity contribution is 14.0. The van der Waals surface area contributed by atoms with E-state index in [0.29, 0.717) is 12.0 Å². The number of rotatable bonds is 11. The fraction of sp³-hybridized carbons (Fsp3) is 0.591. The molecule has 1 aromatic carbocycles. The van der Waals surface area contributed by atoms with Gasteiger partial charge in [-0.05, 0) is 50.5 Å². The maximum atomic E-state index is 5.43. The summed E-state index contributed by atoms with van der Waals surface area (Å²) in [5.74, 6) is 2.60. The number of guanidine groups is 1. The fourth-order valence-corrected chi connectivity index (χ4v) is 3.33. The zero-order valence-corrected chi connectivity index (χ0v) is 20.7. The molecule has 7 nitrogen and oxygen atoms in total. The van der Waals surface area contributed by atoms with E-state index in [9.17, 15) is 0 Å². The number of halogens is 1. The first-order chi connectivity index (χ1) is 14.1. The Morgan fingerprint density at radius 2 is 1.97 bits per heavy atom. The number of nitrogens with zero attached hydrogens (tertiary/aromatic N) is 4. The van der Waals surface area contributed by atoms with Crippen molar-refractivity contribution in [1.82, 2.24) is 25.4 Å². The van der Waals surface area contributed by atoms with E-state index in [4.69, 9.17) is 9.73 Å². The number of hydrogen-bond acceptors (Lipinski definition) is 4. The maximum Gasteiger partial charge on any atom is 0.191 e. The van der Waals surface area contributed by atoms with Crippen molar-refractivity contribution in [3.8, 4) is 0 Å². The van der Waals surface area contributed by atoms with Gasteiger partial charge in [0, 0.05) is 33.4 Å². The molecule has 8 heteroatoms. The number of aliphatic imine (C=N–C) groups is 1. The molecule has 1 aliphatic carbocycles. The average molecular weight is 526 g/mol. The molecule has 0 amide bonds. The van der Waals surface area contributed by atoms with Crippen molar-refractivity contribution in [1.29, 1.82) is 0 Å². The van der Waals surface area contributed by atoms with E-state index in [0.717, 1.165) is 56.8 Å². The van der Waals surface area contributed by atoms with Crippen LogP contribution in [0.4, 0.5) is 0 Å². The van der Waals surface area contributed by atoms with E-state index in [1.807, 2.05) is 25.5 Å². The lowest BCUT2D eigenvalue weighted by Gasteiger charge is -2.19. The van der Waals surface area contributed by atoms with Gasteiger partial charge in [0.05, 0.1) is 0 Å². The summed E-state index contributed by atoms with van der Waals surface area (Å²) in [5.41, 5.74) is 1.75. The monoisotopic (exact) mass is 526 g/mol. The van der Waals surface area contributed by atoms with Gasteiger partial charge in [-0.1, -0.05) is 30.3 Å². The summed E-state index contributed by atoms with van der Waals surface area (Å²) >= 11 is 0. The third kappa shape index (κ3) is 7.54. The minimum absolute atomic E-state index is 0. The van der Waals surface area contributed by atoms with Gasteiger partial charge in [-0.25, -0.2) is 4.99 Å². The molecule has 30 heavy (non-hydrogen) atoms. The van der Waals surface area contributed by atoms with Crippen molar-refractivity contribution in [2.45, 2.75) is 46.1 Å². The van der Waals surface area contributed by atoms with Gasteiger partial charge in [0.2, 0.25) is 0 Å². The van der Waals surface area contributed by atoms with Crippen LogP contribution in [-0.2, 0) is 24.8 Å². The summed E-state index contributed by atoms with van der Waals surface area (Å²) in [6.45, 7) is 7.75. The van der Waals surface area contributed by atoms with Gasteiger partial charge in [-0.15, -0.1) is 34.2 Å². The highest BCUT2D eigenvalue weighted by Gasteiger charge is 2.42. The van der Waals surface area contributed by atoms with Crippen LogP contribution in [0.15, 0.2) is 35.3 Å². The van der Waals surface area contributed by atoms with E-state index < -0.39 is 0 Å². The Morgan fingerprint density at radius 3 is 2.60 bits per heavy atom. The van der Waals surface area contributed by atoms with E-state index >= 15 is 0 Å². The average Bonchev–Trinajstić information content (AvgIpc) is 3.42. The second-order valence-electron chi connectivity index (χ2n) is 7.88. The van der Waals surface area contributed by atoms with E-state index in [1.54, 1.807) is 0 Å². The maximum absolute atomic E-state index is 5.43. The second-order valence-corrected chi connectivity index (χ2v) is 7.88. The van der Waals surface area contributed by atoms with Gasteiger partial charge in [-0.3, -0.25) is 0 Å². The Labute approximate surface area is 197 Å². The summed E-state index contributed by atoms with van der Waals surface area (Å²) < 4.78 is 7.41. The lowest BCUT2D eigenvalue weighted by atomic mass is 9.96. The summed E-state index contributed by atoms with van der Waals surface area (Å²) in [4.78, 5) is 4.75. The standard InChI is InChI=1S/C22H34N6O.HI/c1-4-29-14-8-13-23-21(24-16-20-27-26-18(2)28(20)3)25-17-22(11-12-22)15-19-9-6-5-7-10-19;/h5-7,9-10H,4,8,11-17H2,1-3H3,(H2,23,24,25);1H. The van der Waals surface area contributed by atoms with Crippen LogP contribution in [0.25, 0.3) is 0 Å². The molecule has 1 aliphatic rings. The van der Waals surface area contributed by atoms with Gasteiger partial charge >= 0.3 is 0 Å². The molecule has 0 unspecified atom stereocenters. The minimum atomic E-state index is 0. The van der Waals surface area contributed by atoms with Crippen molar-refractivity contribution < 1.29 is 4.74 Å². The summed E-state index contributed by atoms with van der Waals surface area (Å²) in [5, 5.41) is 15.3. The van der Waals surface area contributed by atoms with Gasteiger partial charge in [0.25, 0.3) is 0 Å². The quantitative estimate of drug-likeness (QED) is 0.204. The molecule has 3 rings (SSSR count). The highest BCUT2D eigenvalue weighted by Crippen LogP contribution is 2.47. The second kappa shape index (κ2) is 12.2. The highest BCUT2D eigenvalue weighted by atomic mass is 127. The van der Waals surface area contributed by atoms with Gasteiger partial charge < -0.3 is 19.9 Å². The van der Waals surface area contributed by atoms with Crippen LogP contribution in [0.5, 0.6) is 0 Å². The predicted molar refractivity (Wildman–Crippen MR) is 131 cm³/mol. The van der Waals surface area contributed by atoms with Crippen LogP contribution < -0.4 is 10.6 Å². The first-order valence-corrected chi connectivity index (χ1v) is 10.6. The number of aryl methyl sites for hydroxylation is 1. The molecule has 166 valence electrons. The molecule has 0 radical (unpaired) electrons. The van der Waals surface area contributed by atoms with Crippen LogP contribution in [0, 0.1) is 12.3 Å². The van der Waals surface area contributed by atoms with Crippen molar-refractivity contribution in [3.63, 3.8) is 0 Å². The van der Waals surface area contributed by atoms with E-state index in [2.05, 4.69) is 51.2 Å². The normalized spacial score (nSPS) is 14.8. The zero-order chi connectivity index (χ0) is 20.5. The summed E-state index contributed by atoms with van der Waals surface area (Å²) in [6, 6.07) is 10.8. The molecule has 0 spiro atoms. The molecule has 1 fully saturated rings. The topological polar surface area (TPSA) is 76.4 Å². The van der Waals surface area contributed by atoms with Crippen LogP contribution in [0.1, 0.15) is 43.4 Å². The molecule has 2 aromatic rings. The predicted octanol–water partition coefficient (Wildman–Crippen LogP) is 3.23. The minimum Gasteiger partial charge on any atom is -0.382 e. The van der Waals surface area contributed by atoms with Gasteiger partial charge in [-0.2, -0.15) is 0 Å². The molecule has 0 atom stereocenters. The first kappa shape index (κ1) is 24.6. The number of hydrogen-bond donors (Lipinski definition) is 2. The largest absolute Gasteiger partial charge is 0.382 e. The van der Waals surface area contributed by atoms with Crippen molar-refractivity contribution in [2.75, 3.05) is 26.3 Å². The number of ether oxygens (including phenoxy) is 1. The van der Waals surface area contributed by atoms with Crippen molar-refractivity contribution in [2.24, 2.45) is 17.5 Å². The van der Waals surface area contributed by atoms with Crippen LogP contribution in [-0.4, -0.2) is 47.0 Å². The number of nitrogens with one attached hydrogen (secondary N) is 2. The molecular formula is C22H35IN6O. The SMILES string of the molecule is CCOCCCNC(=NCc1nnc(C)n1C)NCC1(Cc2ccccc2)CC1.I. The summed E-state index contributed by atoms with van der Waals surface area (Å²) in [6.07, 6.45) is 4.58. The van der Waals surface area contributed by atoms with Gasteiger partial charge in [0.15, 0.2) is 11.8 Å². The molecule has 1 heterocycles. The Hall–Kier alpha value is -1.68. The van der Waals surface area contributed by atoms with Crippen LogP contribution >= 0.6 is 24.0 Å². The van der Waals surface area contributed by atoms with E-state index in [-0.39, 0.29) is 24.0 Å². The molecule has 1 aromatic heterocycles. The number of aromatic nitrogens is 3. The zero-order valence-electron chi connectivity index (χ0n) is 18.4. The van der Waals surface area contributed by atoms with Crippen LogP contribution in [0.3, 0.4) is 0 Å². The van der Waals surface area contributed by atoms with Gasteiger partial charge in [0.1, 0.15) is 12.4 Å². The van der Waals surface area contributed by atoms with E-state index in [1.165, 1.54) is 18.4 Å². The molecule has 0 saturated heterocycles. The Kier molecular flexibility index (Phi) is 10.0. The van der Waals surface area contributed by atoms with Crippen molar-refractivity contribution in [3.05, 3.63) is 47.5 Å².